The number of pyridine rings is 1. The van der Waals surface area contributed by atoms with Gasteiger partial charge in [0, 0.05) is 17.6 Å². The first-order valence-corrected chi connectivity index (χ1v) is 6.13. The Morgan fingerprint density at radius 1 is 1.25 bits per heavy atom. The van der Waals surface area contributed by atoms with E-state index in [4.69, 9.17) is 17.4 Å². The molecule has 0 unspecified atom stereocenters. The number of nitrogens with one attached hydrogen (secondary N) is 2. The highest BCUT2D eigenvalue weighted by molar-refractivity contribution is 6.33. The monoisotopic (exact) mass is 292 g/mol. The Bertz CT molecular complexity index is 640. The molecule has 0 fully saturated rings. The van der Waals surface area contributed by atoms with E-state index in [1.807, 2.05) is 19.9 Å². The molecule has 0 aliphatic heterocycles. The van der Waals surface area contributed by atoms with Gasteiger partial charge in [-0.1, -0.05) is 11.6 Å². The molecule has 0 bridgehead atoms. The topological polar surface area (TPSA) is 106 Å². The molecule has 4 N–H and O–H groups in total. The maximum Gasteiger partial charge on any atom is 0.259 e. The Morgan fingerprint density at radius 2 is 1.90 bits per heavy atom. The highest BCUT2D eigenvalue weighted by Gasteiger charge is 2.11. The number of amides is 1. The van der Waals surface area contributed by atoms with E-state index in [1.165, 1.54) is 12.3 Å². The van der Waals surface area contributed by atoms with Crippen molar-refractivity contribution in [1.29, 1.82) is 0 Å². The van der Waals surface area contributed by atoms with E-state index in [1.54, 1.807) is 0 Å². The maximum atomic E-state index is 12.0. The van der Waals surface area contributed by atoms with Crippen LogP contribution in [0, 0.1) is 13.8 Å². The lowest BCUT2D eigenvalue weighted by Crippen LogP contribution is -2.16. The van der Waals surface area contributed by atoms with Crippen molar-refractivity contribution in [2.75, 3.05) is 10.7 Å². The Hall–Kier alpha value is -2.25. The summed E-state index contributed by atoms with van der Waals surface area (Å²) < 4.78 is 0. The van der Waals surface area contributed by atoms with Gasteiger partial charge in [-0.25, -0.2) is 20.8 Å². The largest absolute Gasteiger partial charge is 0.307 e. The number of nitrogens with zero attached hydrogens (tertiary/aromatic N) is 3. The first-order valence-electron chi connectivity index (χ1n) is 5.75. The standard InChI is InChI=1S/C12H13ClN6O/c1-6-3-7(2)17-12(16-6)18-11(20)8-4-9(13)10(19-14)15-5-8/h3-5H,14H2,1-2H3,(H,15,19)(H,16,17,18,20). The first kappa shape index (κ1) is 14.2. The minimum absolute atomic E-state index is 0.240. The number of rotatable bonds is 3. The Morgan fingerprint density at radius 3 is 2.45 bits per heavy atom. The molecule has 0 atom stereocenters. The molecule has 0 saturated carbocycles. The normalized spacial score (nSPS) is 10.2. The zero-order valence-electron chi connectivity index (χ0n) is 10.9. The predicted molar refractivity (Wildman–Crippen MR) is 76.5 cm³/mol. The molecule has 2 rings (SSSR count). The Kier molecular flexibility index (Phi) is 4.11. The van der Waals surface area contributed by atoms with Gasteiger partial charge in [0.05, 0.1) is 10.6 Å². The number of aryl methyl sites for hydroxylation is 2. The van der Waals surface area contributed by atoms with Crippen molar-refractivity contribution < 1.29 is 4.79 Å². The van der Waals surface area contributed by atoms with Crippen molar-refractivity contribution in [2.45, 2.75) is 13.8 Å². The number of nitrogens with two attached hydrogens (primary N) is 1. The second-order valence-electron chi connectivity index (χ2n) is 4.13. The van der Waals surface area contributed by atoms with E-state index in [0.29, 0.717) is 5.82 Å². The second-order valence-corrected chi connectivity index (χ2v) is 4.53. The number of carbonyl (C=O) groups excluding carboxylic acids is 1. The highest BCUT2D eigenvalue weighted by atomic mass is 35.5. The third-order valence-corrected chi connectivity index (χ3v) is 2.74. The van der Waals surface area contributed by atoms with Crippen LogP contribution in [0.25, 0.3) is 0 Å². The number of hydrogen-bond acceptors (Lipinski definition) is 6. The van der Waals surface area contributed by atoms with E-state index in [9.17, 15) is 4.79 Å². The van der Waals surface area contributed by atoms with Crippen LogP contribution in [0.4, 0.5) is 11.8 Å². The van der Waals surface area contributed by atoms with Crippen molar-refractivity contribution in [3.05, 3.63) is 40.3 Å². The molecule has 0 spiro atoms. The van der Waals surface area contributed by atoms with Crippen molar-refractivity contribution in [3.63, 3.8) is 0 Å². The SMILES string of the molecule is Cc1cc(C)nc(NC(=O)c2cnc(NN)c(Cl)c2)n1. The number of nitrogen functional groups attached to an aromatic ring is 1. The number of hydrazine groups is 1. The van der Waals surface area contributed by atoms with Gasteiger partial charge in [-0.15, -0.1) is 0 Å². The minimum Gasteiger partial charge on any atom is -0.307 e. The lowest BCUT2D eigenvalue weighted by molar-refractivity contribution is 0.102. The van der Waals surface area contributed by atoms with Gasteiger partial charge in [-0.2, -0.15) is 0 Å². The first-order chi connectivity index (χ1) is 9.49. The second kappa shape index (κ2) is 5.81. The summed E-state index contributed by atoms with van der Waals surface area (Å²) in [6.45, 7) is 3.65. The summed E-state index contributed by atoms with van der Waals surface area (Å²) in [6, 6.07) is 3.28. The molecule has 2 aromatic heterocycles. The van der Waals surface area contributed by atoms with Crippen molar-refractivity contribution in [3.8, 4) is 0 Å². The van der Waals surface area contributed by atoms with E-state index in [2.05, 4.69) is 25.7 Å². The minimum atomic E-state index is -0.395. The quantitative estimate of drug-likeness (QED) is 0.587. The third kappa shape index (κ3) is 3.19. The summed E-state index contributed by atoms with van der Waals surface area (Å²) >= 11 is 5.91. The van der Waals surface area contributed by atoms with Crippen LogP contribution in [-0.4, -0.2) is 20.9 Å². The summed E-state index contributed by atoms with van der Waals surface area (Å²) in [5, 5.41) is 2.84. The van der Waals surface area contributed by atoms with E-state index < -0.39 is 5.91 Å². The van der Waals surface area contributed by atoms with Gasteiger partial charge in [0.2, 0.25) is 5.95 Å². The lowest BCUT2D eigenvalue weighted by Gasteiger charge is -2.07. The fourth-order valence-corrected chi connectivity index (χ4v) is 1.84. The van der Waals surface area contributed by atoms with Crippen molar-refractivity contribution in [1.82, 2.24) is 15.0 Å². The summed E-state index contributed by atoms with van der Waals surface area (Å²) in [5.41, 5.74) is 4.16. The smallest absolute Gasteiger partial charge is 0.259 e. The van der Waals surface area contributed by atoms with Gasteiger partial charge in [-0.3, -0.25) is 10.1 Å². The van der Waals surface area contributed by atoms with Gasteiger partial charge in [0.25, 0.3) is 5.91 Å². The van der Waals surface area contributed by atoms with Crippen molar-refractivity contribution in [2.24, 2.45) is 5.84 Å². The van der Waals surface area contributed by atoms with Gasteiger partial charge < -0.3 is 5.43 Å². The van der Waals surface area contributed by atoms with Gasteiger partial charge in [0.15, 0.2) is 5.82 Å². The molecule has 7 nitrogen and oxygen atoms in total. The number of carbonyl (C=O) groups is 1. The fraction of sp³-hybridized carbons (Fsp3) is 0.167. The van der Waals surface area contributed by atoms with Crippen LogP contribution in [0.15, 0.2) is 18.3 Å². The molecule has 0 radical (unpaired) electrons. The van der Waals surface area contributed by atoms with Crippen LogP contribution >= 0.6 is 11.6 Å². The molecule has 0 saturated heterocycles. The molecule has 8 heteroatoms. The zero-order valence-corrected chi connectivity index (χ0v) is 11.7. The maximum absolute atomic E-state index is 12.0. The molecule has 20 heavy (non-hydrogen) atoms. The highest BCUT2D eigenvalue weighted by Crippen LogP contribution is 2.19. The number of hydrogen-bond donors (Lipinski definition) is 3. The lowest BCUT2D eigenvalue weighted by atomic mass is 10.2. The van der Waals surface area contributed by atoms with Gasteiger partial charge in [-0.05, 0) is 26.0 Å². The average Bonchev–Trinajstić information content (AvgIpc) is 2.37. The molecule has 0 aliphatic rings. The van der Waals surface area contributed by atoms with Gasteiger partial charge >= 0.3 is 0 Å². The van der Waals surface area contributed by atoms with E-state index >= 15 is 0 Å². The van der Waals surface area contributed by atoms with Crippen LogP contribution in [0.3, 0.4) is 0 Å². The predicted octanol–water partition coefficient (Wildman–Crippen LogP) is 1.68. The molecule has 104 valence electrons. The zero-order chi connectivity index (χ0) is 14.7. The molecule has 1 amide bonds. The molecule has 2 heterocycles. The Labute approximate surface area is 120 Å². The van der Waals surface area contributed by atoms with Crippen LogP contribution in [0.2, 0.25) is 5.02 Å². The number of aromatic nitrogens is 3. The van der Waals surface area contributed by atoms with E-state index in [-0.39, 0.29) is 16.5 Å². The Balaban J connectivity index is 2.21. The molecule has 2 aromatic rings. The fourth-order valence-electron chi connectivity index (χ4n) is 1.62. The van der Waals surface area contributed by atoms with E-state index in [0.717, 1.165) is 11.4 Å². The molecular weight excluding hydrogens is 280 g/mol. The number of halogens is 1. The van der Waals surface area contributed by atoms with Crippen LogP contribution < -0.4 is 16.6 Å². The average molecular weight is 293 g/mol. The van der Waals surface area contributed by atoms with Gasteiger partial charge in [0.1, 0.15) is 0 Å². The number of anilines is 2. The van der Waals surface area contributed by atoms with Crippen LogP contribution in [-0.2, 0) is 0 Å². The summed E-state index contributed by atoms with van der Waals surface area (Å²) in [4.78, 5) is 24.2. The molecule has 0 aliphatic carbocycles. The summed E-state index contributed by atoms with van der Waals surface area (Å²) in [5.74, 6) is 5.36. The summed E-state index contributed by atoms with van der Waals surface area (Å²) in [6.07, 6.45) is 1.36. The van der Waals surface area contributed by atoms with Crippen molar-refractivity contribution >= 4 is 29.3 Å². The third-order valence-electron chi connectivity index (χ3n) is 2.45. The molecule has 0 aromatic carbocycles. The van der Waals surface area contributed by atoms with Crippen LogP contribution in [0.1, 0.15) is 21.7 Å². The van der Waals surface area contributed by atoms with Crippen LogP contribution in [0.5, 0.6) is 0 Å². The summed E-state index contributed by atoms with van der Waals surface area (Å²) in [7, 11) is 0. The molecular formula is C12H13ClN6O.